The van der Waals surface area contributed by atoms with E-state index >= 15 is 0 Å². The predicted molar refractivity (Wildman–Crippen MR) is 163 cm³/mol. The minimum atomic E-state index is -0.666. The van der Waals surface area contributed by atoms with E-state index in [0.29, 0.717) is 26.4 Å². The molecular formula is C32H34N4O4S. The summed E-state index contributed by atoms with van der Waals surface area (Å²) >= 11 is 1.32. The smallest absolute Gasteiger partial charge is 0.338 e. The van der Waals surface area contributed by atoms with E-state index in [1.807, 2.05) is 44.4 Å². The first-order valence-corrected chi connectivity index (χ1v) is 14.3. The van der Waals surface area contributed by atoms with E-state index in [0.717, 1.165) is 33.9 Å². The van der Waals surface area contributed by atoms with Crippen LogP contribution in [0, 0.1) is 13.8 Å². The number of nitrogens with zero attached hydrogens (tertiary/aromatic N) is 4. The maximum Gasteiger partial charge on any atom is 0.338 e. The number of thiazole rings is 1. The van der Waals surface area contributed by atoms with E-state index in [1.165, 1.54) is 11.3 Å². The Hall–Kier alpha value is -4.37. The second-order valence-corrected chi connectivity index (χ2v) is 11.2. The molecule has 3 heterocycles. The van der Waals surface area contributed by atoms with Crippen molar-refractivity contribution in [3.8, 4) is 11.4 Å². The molecule has 4 aromatic rings. The summed E-state index contributed by atoms with van der Waals surface area (Å²) in [5.41, 5.74) is 6.69. The fourth-order valence-corrected chi connectivity index (χ4v) is 6.30. The Kier molecular flexibility index (Phi) is 7.73. The lowest BCUT2D eigenvalue weighted by Gasteiger charge is -2.24. The van der Waals surface area contributed by atoms with Gasteiger partial charge in [-0.05, 0) is 87.4 Å². The Morgan fingerprint density at radius 2 is 1.76 bits per heavy atom. The van der Waals surface area contributed by atoms with Crippen LogP contribution in [0.5, 0.6) is 5.75 Å². The van der Waals surface area contributed by atoms with Crippen molar-refractivity contribution in [3.63, 3.8) is 0 Å². The number of aryl methyl sites for hydroxylation is 1. The third kappa shape index (κ3) is 5.13. The van der Waals surface area contributed by atoms with Crippen molar-refractivity contribution in [2.24, 2.45) is 4.99 Å². The van der Waals surface area contributed by atoms with Crippen LogP contribution in [0.1, 0.15) is 42.4 Å². The SMILES string of the molecule is CCOC(=O)C1=C(C)N=c2s/c(=C/c3cc(C)n(-c4ccc(N(C)C)cc4)c3C)c(=O)n2[C@H]1c1ccc(OC)cc1. The maximum absolute atomic E-state index is 14.0. The molecule has 0 radical (unpaired) electrons. The van der Waals surface area contributed by atoms with Gasteiger partial charge in [-0.25, -0.2) is 9.79 Å². The molecule has 0 N–H and O–H groups in total. The highest BCUT2D eigenvalue weighted by Crippen LogP contribution is 2.31. The topological polar surface area (TPSA) is 78.1 Å². The molecule has 9 heteroatoms. The fourth-order valence-electron chi connectivity index (χ4n) is 5.27. The molecule has 2 aromatic carbocycles. The normalized spacial score (nSPS) is 15.0. The first kappa shape index (κ1) is 28.2. The molecule has 0 unspecified atom stereocenters. The maximum atomic E-state index is 14.0. The molecule has 8 nitrogen and oxygen atoms in total. The van der Waals surface area contributed by atoms with Gasteiger partial charge >= 0.3 is 5.97 Å². The highest BCUT2D eigenvalue weighted by atomic mass is 32.1. The first-order chi connectivity index (χ1) is 19.6. The molecule has 0 fully saturated rings. The molecule has 0 spiro atoms. The number of hydrogen-bond donors (Lipinski definition) is 0. The zero-order valence-electron chi connectivity index (χ0n) is 24.4. The summed E-state index contributed by atoms with van der Waals surface area (Å²) in [7, 11) is 5.64. The number of ether oxygens (including phenoxy) is 2. The van der Waals surface area contributed by atoms with Crippen molar-refractivity contribution < 1.29 is 14.3 Å². The Balaban J connectivity index is 1.65. The van der Waals surface area contributed by atoms with E-state index < -0.39 is 12.0 Å². The van der Waals surface area contributed by atoms with Crippen molar-refractivity contribution >= 4 is 29.1 Å². The summed E-state index contributed by atoms with van der Waals surface area (Å²) in [5.74, 6) is 0.207. The van der Waals surface area contributed by atoms with E-state index in [9.17, 15) is 9.59 Å². The number of benzene rings is 2. The predicted octanol–water partition coefficient (Wildman–Crippen LogP) is 4.28. The summed E-state index contributed by atoms with van der Waals surface area (Å²) in [4.78, 5) is 34.4. The largest absolute Gasteiger partial charge is 0.497 e. The lowest BCUT2D eigenvalue weighted by molar-refractivity contribution is -0.139. The van der Waals surface area contributed by atoms with Gasteiger partial charge in [0.2, 0.25) is 0 Å². The lowest BCUT2D eigenvalue weighted by atomic mass is 9.96. The molecule has 0 saturated carbocycles. The van der Waals surface area contributed by atoms with Gasteiger partial charge in [-0.1, -0.05) is 23.5 Å². The first-order valence-electron chi connectivity index (χ1n) is 13.4. The zero-order chi connectivity index (χ0) is 29.4. The molecule has 0 amide bonds. The summed E-state index contributed by atoms with van der Waals surface area (Å²) in [5, 5.41) is 0. The summed E-state index contributed by atoms with van der Waals surface area (Å²) in [6.45, 7) is 7.89. The number of allylic oxidation sites excluding steroid dienone is 1. The van der Waals surface area contributed by atoms with Crippen molar-refractivity contribution in [1.29, 1.82) is 0 Å². The van der Waals surface area contributed by atoms with Crippen molar-refractivity contribution in [3.05, 3.63) is 108 Å². The zero-order valence-corrected chi connectivity index (χ0v) is 25.2. The van der Waals surface area contributed by atoms with Crippen LogP contribution < -0.4 is 24.5 Å². The van der Waals surface area contributed by atoms with Gasteiger partial charge in [-0.2, -0.15) is 0 Å². The summed E-state index contributed by atoms with van der Waals surface area (Å²) < 4.78 is 15.1. The van der Waals surface area contributed by atoms with Crippen LogP contribution in [0.15, 0.2) is 75.7 Å². The number of rotatable bonds is 7. The van der Waals surface area contributed by atoms with E-state index in [2.05, 4.69) is 58.6 Å². The lowest BCUT2D eigenvalue weighted by Crippen LogP contribution is -2.39. The molecule has 212 valence electrons. The van der Waals surface area contributed by atoms with Gasteiger partial charge in [0.25, 0.3) is 5.56 Å². The van der Waals surface area contributed by atoms with Gasteiger partial charge in [0, 0.05) is 36.9 Å². The molecular weight excluding hydrogens is 536 g/mol. The Bertz CT molecular complexity index is 1820. The van der Waals surface area contributed by atoms with Gasteiger partial charge in [0.1, 0.15) is 5.75 Å². The Labute approximate surface area is 243 Å². The number of carbonyl (C=O) groups excluding carboxylic acids is 1. The van der Waals surface area contributed by atoms with E-state index in [1.54, 1.807) is 25.5 Å². The molecule has 5 rings (SSSR count). The van der Waals surface area contributed by atoms with Gasteiger partial charge in [-0.3, -0.25) is 9.36 Å². The fraction of sp³-hybridized carbons (Fsp3) is 0.281. The van der Waals surface area contributed by atoms with Crippen LogP contribution in [0.2, 0.25) is 0 Å². The third-order valence-corrected chi connectivity index (χ3v) is 8.31. The quantitative estimate of drug-likeness (QED) is 0.310. The average molecular weight is 571 g/mol. The highest BCUT2D eigenvalue weighted by Gasteiger charge is 2.33. The Morgan fingerprint density at radius 3 is 2.37 bits per heavy atom. The molecule has 1 atom stereocenters. The molecule has 0 aliphatic carbocycles. The van der Waals surface area contributed by atoms with Gasteiger partial charge in [0.05, 0.1) is 35.6 Å². The van der Waals surface area contributed by atoms with Crippen LogP contribution in [-0.2, 0) is 9.53 Å². The minimum Gasteiger partial charge on any atom is -0.497 e. The molecule has 1 aliphatic heterocycles. The number of aromatic nitrogens is 2. The van der Waals surface area contributed by atoms with Crippen LogP contribution in [0.25, 0.3) is 11.8 Å². The van der Waals surface area contributed by atoms with Crippen molar-refractivity contribution in [2.45, 2.75) is 33.7 Å². The highest BCUT2D eigenvalue weighted by molar-refractivity contribution is 7.07. The van der Waals surface area contributed by atoms with Crippen LogP contribution >= 0.6 is 11.3 Å². The van der Waals surface area contributed by atoms with Crippen LogP contribution in [0.4, 0.5) is 5.69 Å². The summed E-state index contributed by atoms with van der Waals surface area (Å²) in [6.07, 6.45) is 1.92. The van der Waals surface area contributed by atoms with Gasteiger partial charge < -0.3 is 18.9 Å². The van der Waals surface area contributed by atoms with Crippen LogP contribution in [-0.4, -0.2) is 42.9 Å². The van der Waals surface area contributed by atoms with E-state index in [-0.39, 0.29) is 12.2 Å². The number of carbonyl (C=O) groups is 1. The third-order valence-electron chi connectivity index (χ3n) is 7.33. The monoisotopic (exact) mass is 570 g/mol. The molecule has 2 aromatic heterocycles. The van der Waals surface area contributed by atoms with E-state index in [4.69, 9.17) is 9.47 Å². The second-order valence-electron chi connectivity index (χ2n) is 10.1. The molecule has 0 saturated heterocycles. The minimum absolute atomic E-state index is 0.205. The Morgan fingerprint density at radius 1 is 1.07 bits per heavy atom. The van der Waals surface area contributed by atoms with Crippen molar-refractivity contribution in [2.75, 3.05) is 32.7 Å². The number of methoxy groups -OCH3 is 1. The summed E-state index contributed by atoms with van der Waals surface area (Å²) in [6, 6.07) is 17.2. The van der Waals surface area contributed by atoms with Gasteiger partial charge in [0.15, 0.2) is 4.80 Å². The average Bonchev–Trinajstić information content (AvgIpc) is 3.41. The van der Waals surface area contributed by atoms with Crippen molar-refractivity contribution in [1.82, 2.24) is 9.13 Å². The number of anilines is 1. The number of fused-ring (bicyclic) bond motifs is 1. The standard InChI is InChI=1S/C32H34N4O4S/c1-8-40-31(38)28-20(3)33-32-36(29(28)22-9-15-26(39-7)16-10-22)30(37)27(41-32)18-23-17-19(2)35(21(23)4)25-13-11-24(12-14-25)34(5)6/h9-18,29H,8H2,1-7H3/b27-18+/t29-/m0/s1. The van der Waals surface area contributed by atoms with Gasteiger partial charge in [-0.15, -0.1) is 0 Å². The molecule has 41 heavy (non-hydrogen) atoms. The molecule has 0 bridgehead atoms. The molecule has 1 aliphatic rings. The second kappa shape index (κ2) is 11.2. The number of hydrogen-bond acceptors (Lipinski definition) is 7. The van der Waals surface area contributed by atoms with Crippen LogP contribution in [0.3, 0.4) is 0 Å². The number of esters is 1.